The number of nitrogens with one attached hydrogen (secondary N) is 1. The highest BCUT2D eigenvalue weighted by molar-refractivity contribution is 5.93. The smallest absolute Gasteiger partial charge is 0.416 e. The number of aliphatic hydroxyl groups excluding tert-OH is 1. The molecule has 0 saturated carbocycles. The molecule has 158 valence electrons. The first-order valence-corrected chi connectivity index (χ1v) is 8.95. The molecular formula is C20H19F3N4O3. The van der Waals surface area contributed by atoms with Crippen molar-refractivity contribution in [2.75, 3.05) is 6.61 Å². The van der Waals surface area contributed by atoms with Gasteiger partial charge in [0.15, 0.2) is 5.75 Å². The summed E-state index contributed by atoms with van der Waals surface area (Å²) in [4.78, 5) is 16.7. The Morgan fingerprint density at radius 1 is 1.20 bits per heavy atom. The lowest BCUT2D eigenvalue weighted by Crippen LogP contribution is -2.35. The fraction of sp³-hybridized carbons (Fsp3) is 0.250. The van der Waals surface area contributed by atoms with Crippen LogP contribution in [0.5, 0.6) is 11.5 Å². The average molecular weight is 420 g/mol. The molecule has 30 heavy (non-hydrogen) atoms. The normalized spacial score (nSPS) is 12.5. The van der Waals surface area contributed by atoms with Crippen LogP contribution in [0.3, 0.4) is 0 Å². The van der Waals surface area contributed by atoms with E-state index < -0.39 is 23.7 Å². The molecule has 0 aliphatic carbocycles. The largest absolute Gasteiger partial charge is 0.455 e. The predicted octanol–water partition coefficient (Wildman–Crippen LogP) is 3.40. The lowest BCUT2D eigenvalue weighted by Gasteiger charge is -2.13. The average Bonchev–Trinajstić information content (AvgIpc) is 3.14. The van der Waals surface area contributed by atoms with Crippen LogP contribution in [0.1, 0.15) is 23.0 Å². The van der Waals surface area contributed by atoms with Crippen LogP contribution in [0.4, 0.5) is 13.2 Å². The molecule has 2 aromatic heterocycles. The number of aromatic nitrogens is 3. The molecule has 0 aliphatic rings. The van der Waals surface area contributed by atoms with Gasteiger partial charge in [-0.2, -0.15) is 18.3 Å². The van der Waals surface area contributed by atoms with Crippen molar-refractivity contribution in [1.82, 2.24) is 20.1 Å². The minimum atomic E-state index is -4.44. The molecule has 10 heteroatoms. The summed E-state index contributed by atoms with van der Waals surface area (Å²) in [6, 6.07) is 8.37. The third kappa shape index (κ3) is 4.95. The number of rotatable bonds is 6. The number of alkyl halides is 3. The maximum Gasteiger partial charge on any atom is 0.416 e. The van der Waals surface area contributed by atoms with Crippen LogP contribution in [-0.4, -0.2) is 38.4 Å². The minimum absolute atomic E-state index is 0.0794. The maximum absolute atomic E-state index is 12.8. The highest BCUT2D eigenvalue weighted by atomic mass is 19.4. The first-order chi connectivity index (χ1) is 14.2. The van der Waals surface area contributed by atoms with Gasteiger partial charge in [-0.25, -0.2) is 4.98 Å². The fourth-order valence-electron chi connectivity index (χ4n) is 2.56. The van der Waals surface area contributed by atoms with Crippen LogP contribution in [0.2, 0.25) is 0 Å². The molecule has 0 spiro atoms. The van der Waals surface area contributed by atoms with Gasteiger partial charge < -0.3 is 15.2 Å². The molecule has 0 saturated heterocycles. The highest BCUT2D eigenvalue weighted by Crippen LogP contribution is 2.34. The number of ether oxygens (including phenoxy) is 1. The highest BCUT2D eigenvalue weighted by Gasteiger charge is 2.30. The lowest BCUT2D eigenvalue weighted by atomic mass is 10.2. The van der Waals surface area contributed by atoms with E-state index in [-0.39, 0.29) is 29.5 Å². The Hall–Kier alpha value is -3.40. The van der Waals surface area contributed by atoms with Gasteiger partial charge in [0.05, 0.1) is 12.2 Å². The Morgan fingerprint density at radius 2 is 1.90 bits per heavy atom. The van der Waals surface area contributed by atoms with E-state index in [2.05, 4.69) is 15.4 Å². The summed E-state index contributed by atoms with van der Waals surface area (Å²) in [5, 5.41) is 16.0. The summed E-state index contributed by atoms with van der Waals surface area (Å²) >= 11 is 0. The SMILES string of the molecule is C[C@@H](CO)NC(=O)c1ccc(Oc2ccc(C(F)(F)F)cc2)c(-c2ccn(C)n2)n1. The van der Waals surface area contributed by atoms with Gasteiger partial charge in [-0.05, 0) is 49.4 Å². The topological polar surface area (TPSA) is 89.3 Å². The van der Waals surface area contributed by atoms with Crippen molar-refractivity contribution < 1.29 is 27.8 Å². The van der Waals surface area contributed by atoms with E-state index in [1.54, 1.807) is 30.9 Å². The number of carbonyl (C=O) groups excluding carboxylic acids is 1. The van der Waals surface area contributed by atoms with Crippen molar-refractivity contribution in [2.45, 2.75) is 19.1 Å². The molecular weight excluding hydrogens is 401 g/mol. The summed E-state index contributed by atoms with van der Waals surface area (Å²) in [5.74, 6) is -0.0943. The van der Waals surface area contributed by atoms with Gasteiger partial charge in [0.2, 0.25) is 0 Å². The van der Waals surface area contributed by atoms with Gasteiger partial charge in [0.25, 0.3) is 5.91 Å². The maximum atomic E-state index is 12.8. The molecule has 0 bridgehead atoms. The molecule has 3 rings (SSSR count). The molecule has 1 amide bonds. The molecule has 2 heterocycles. The van der Waals surface area contributed by atoms with Crippen molar-refractivity contribution in [3.05, 3.63) is 59.9 Å². The van der Waals surface area contributed by atoms with E-state index in [0.717, 1.165) is 12.1 Å². The van der Waals surface area contributed by atoms with Crippen molar-refractivity contribution in [1.29, 1.82) is 0 Å². The van der Waals surface area contributed by atoms with Gasteiger partial charge in [0, 0.05) is 19.3 Å². The molecule has 1 aromatic carbocycles. The van der Waals surface area contributed by atoms with Crippen molar-refractivity contribution in [3.63, 3.8) is 0 Å². The summed E-state index contributed by atoms with van der Waals surface area (Å²) in [5.41, 5.74) is -0.0391. The number of nitrogens with zero attached hydrogens (tertiary/aromatic N) is 3. The van der Waals surface area contributed by atoms with E-state index in [4.69, 9.17) is 9.84 Å². The number of hydrogen-bond donors (Lipinski definition) is 2. The van der Waals surface area contributed by atoms with Crippen LogP contribution in [0.25, 0.3) is 11.4 Å². The third-order valence-corrected chi connectivity index (χ3v) is 4.11. The molecule has 0 unspecified atom stereocenters. The lowest BCUT2D eigenvalue weighted by molar-refractivity contribution is -0.137. The number of halogens is 3. The summed E-state index contributed by atoms with van der Waals surface area (Å²) < 4.78 is 45.5. The van der Waals surface area contributed by atoms with Crippen LogP contribution >= 0.6 is 0 Å². The Bertz CT molecular complexity index is 1030. The monoisotopic (exact) mass is 420 g/mol. The van der Waals surface area contributed by atoms with Gasteiger partial charge in [-0.15, -0.1) is 0 Å². The van der Waals surface area contributed by atoms with Crippen LogP contribution in [0.15, 0.2) is 48.7 Å². The second-order valence-corrected chi connectivity index (χ2v) is 6.60. The quantitative estimate of drug-likeness (QED) is 0.638. The first kappa shape index (κ1) is 21.3. The molecule has 0 aliphatic heterocycles. The summed E-state index contributed by atoms with van der Waals surface area (Å²) in [7, 11) is 1.71. The van der Waals surface area contributed by atoms with E-state index in [1.807, 2.05) is 0 Å². The van der Waals surface area contributed by atoms with Gasteiger partial charge >= 0.3 is 6.18 Å². The zero-order valence-corrected chi connectivity index (χ0v) is 16.1. The number of aryl methyl sites for hydroxylation is 1. The Balaban J connectivity index is 1.94. The number of benzene rings is 1. The number of pyridine rings is 1. The molecule has 0 fully saturated rings. The fourth-order valence-corrected chi connectivity index (χ4v) is 2.56. The minimum Gasteiger partial charge on any atom is -0.455 e. The van der Waals surface area contributed by atoms with Crippen molar-refractivity contribution >= 4 is 5.91 Å². The molecule has 1 atom stereocenters. The zero-order chi connectivity index (χ0) is 21.9. The Kier molecular flexibility index (Phi) is 6.06. The first-order valence-electron chi connectivity index (χ1n) is 8.95. The molecule has 3 aromatic rings. The number of amides is 1. The van der Waals surface area contributed by atoms with E-state index in [1.165, 1.54) is 24.3 Å². The van der Waals surface area contributed by atoms with Gasteiger partial charge in [-0.1, -0.05) is 0 Å². The Labute approximate surface area is 170 Å². The molecule has 0 radical (unpaired) electrons. The summed E-state index contributed by atoms with van der Waals surface area (Å²) in [6.45, 7) is 1.41. The predicted molar refractivity (Wildman–Crippen MR) is 102 cm³/mol. The zero-order valence-electron chi connectivity index (χ0n) is 16.1. The van der Waals surface area contributed by atoms with Crippen LogP contribution in [0, 0.1) is 0 Å². The van der Waals surface area contributed by atoms with Gasteiger partial charge in [-0.3, -0.25) is 9.48 Å². The molecule has 7 nitrogen and oxygen atoms in total. The summed E-state index contributed by atoms with van der Waals surface area (Å²) in [6.07, 6.45) is -2.76. The van der Waals surface area contributed by atoms with E-state index in [0.29, 0.717) is 5.69 Å². The number of hydrogen-bond acceptors (Lipinski definition) is 5. The second kappa shape index (κ2) is 8.54. The Morgan fingerprint density at radius 3 is 2.47 bits per heavy atom. The number of aliphatic hydroxyl groups is 1. The van der Waals surface area contributed by atoms with Crippen molar-refractivity contribution in [3.8, 4) is 22.9 Å². The third-order valence-electron chi connectivity index (χ3n) is 4.11. The van der Waals surface area contributed by atoms with Crippen LogP contribution < -0.4 is 10.1 Å². The second-order valence-electron chi connectivity index (χ2n) is 6.60. The van der Waals surface area contributed by atoms with Crippen molar-refractivity contribution in [2.24, 2.45) is 7.05 Å². The van der Waals surface area contributed by atoms with Gasteiger partial charge in [0.1, 0.15) is 22.8 Å². The standard InChI is InChI=1S/C20H19F3N4O3/c1-12(11-28)24-19(29)16-7-8-17(18(25-16)15-9-10-27(2)26-15)30-14-5-3-13(4-6-14)20(21,22)23/h3-10,12,28H,11H2,1-2H3,(H,24,29)/t12-/m0/s1. The molecule has 2 N–H and O–H groups in total. The number of carbonyl (C=O) groups is 1. The van der Waals surface area contributed by atoms with E-state index in [9.17, 15) is 18.0 Å². The van der Waals surface area contributed by atoms with E-state index >= 15 is 0 Å². The van der Waals surface area contributed by atoms with Crippen LogP contribution in [-0.2, 0) is 13.2 Å².